The molecule has 3 aliphatic rings. The summed E-state index contributed by atoms with van der Waals surface area (Å²) in [5.41, 5.74) is 0.750. The topological polar surface area (TPSA) is 18.5 Å². The van der Waals surface area contributed by atoms with Crippen molar-refractivity contribution in [1.29, 1.82) is 0 Å². The number of nitrogens with one attached hydrogen (secondary N) is 1. The first-order valence-corrected chi connectivity index (χ1v) is 8.02. The second-order valence-electron chi connectivity index (χ2n) is 6.72. The van der Waals surface area contributed by atoms with Gasteiger partial charge < -0.3 is 10.2 Å². The maximum atomic E-state index is 3.43. The van der Waals surface area contributed by atoms with E-state index in [1.54, 1.807) is 0 Å². The Morgan fingerprint density at radius 1 is 0.778 bits per heavy atom. The Morgan fingerprint density at radius 2 is 1.39 bits per heavy atom. The molecule has 3 heteroatoms. The van der Waals surface area contributed by atoms with E-state index in [9.17, 15) is 0 Å². The number of hydrogen-bond acceptors (Lipinski definition) is 3. The van der Waals surface area contributed by atoms with Crippen LogP contribution in [0.15, 0.2) is 0 Å². The molecule has 1 aliphatic carbocycles. The van der Waals surface area contributed by atoms with Crippen LogP contribution in [-0.2, 0) is 0 Å². The van der Waals surface area contributed by atoms with Gasteiger partial charge in [-0.2, -0.15) is 0 Å². The van der Waals surface area contributed by atoms with Crippen molar-refractivity contribution in [1.82, 2.24) is 15.1 Å². The van der Waals surface area contributed by atoms with Crippen molar-refractivity contribution >= 4 is 0 Å². The van der Waals surface area contributed by atoms with Gasteiger partial charge in [0.05, 0.1) is 0 Å². The summed E-state index contributed by atoms with van der Waals surface area (Å²) in [5, 5.41) is 3.43. The highest BCUT2D eigenvalue weighted by Crippen LogP contribution is 2.42. The number of piperazine rings is 1. The summed E-state index contributed by atoms with van der Waals surface area (Å²) in [7, 11) is 0. The zero-order chi connectivity index (χ0) is 12.3. The molecule has 0 aromatic heterocycles. The number of hydrogen-bond donors (Lipinski definition) is 1. The van der Waals surface area contributed by atoms with Crippen LogP contribution in [0.3, 0.4) is 0 Å². The first-order chi connectivity index (χ1) is 8.86. The average molecular weight is 251 g/mol. The highest BCUT2D eigenvalue weighted by Gasteiger charge is 2.42. The zero-order valence-corrected chi connectivity index (χ0v) is 11.8. The average Bonchev–Trinajstić information content (AvgIpc) is 2.62. The quantitative estimate of drug-likeness (QED) is 0.821. The fourth-order valence-corrected chi connectivity index (χ4v) is 4.07. The summed E-state index contributed by atoms with van der Waals surface area (Å²) in [5.74, 6) is 0. The lowest BCUT2D eigenvalue weighted by atomic mass is 9.73. The van der Waals surface area contributed by atoms with Crippen molar-refractivity contribution in [3.63, 3.8) is 0 Å². The van der Waals surface area contributed by atoms with Crippen molar-refractivity contribution in [2.24, 2.45) is 5.41 Å². The Bertz CT molecular complexity index is 244. The molecular weight excluding hydrogens is 222 g/mol. The maximum Gasteiger partial charge on any atom is 0.0110 e. The molecular formula is C15H29N3. The fourth-order valence-electron chi connectivity index (χ4n) is 4.07. The molecule has 18 heavy (non-hydrogen) atoms. The first kappa shape index (κ1) is 12.9. The Labute approximate surface area is 112 Å². The first-order valence-electron chi connectivity index (χ1n) is 8.02. The third-order valence-electron chi connectivity index (χ3n) is 5.22. The van der Waals surface area contributed by atoms with Crippen molar-refractivity contribution in [2.45, 2.75) is 38.5 Å². The van der Waals surface area contributed by atoms with Gasteiger partial charge in [-0.05, 0) is 18.3 Å². The molecule has 104 valence electrons. The molecule has 0 bridgehead atoms. The summed E-state index contributed by atoms with van der Waals surface area (Å²) < 4.78 is 0. The lowest BCUT2D eigenvalue weighted by Gasteiger charge is -2.51. The maximum absolute atomic E-state index is 3.43. The molecule has 0 amide bonds. The van der Waals surface area contributed by atoms with Crippen LogP contribution in [0.4, 0.5) is 0 Å². The third-order valence-corrected chi connectivity index (χ3v) is 5.22. The summed E-state index contributed by atoms with van der Waals surface area (Å²) >= 11 is 0. The molecule has 3 fully saturated rings. The van der Waals surface area contributed by atoms with E-state index in [0.717, 1.165) is 5.41 Å². The van der Waals surface area contributed by atoms with E-state index in [1.165, 1.54) is 90.9 Å². The van der Waals surface area contributed by atoms with Crippen LogP contribution in [0.25, 0.3) is 0 Å². The molecule has 2 heterocycles. The van der Waals surface area contributed by atoms with Gasteiger partial charge in [-0.15, -0.1) is 0 Å². The van der Waals surface area contributed by atoms with Gasteiger partial charge in [0.25, 0.3) is 0 Å². The van der Waals surface area contributed by atoms with E-state index in [1.807, 2.05) is 0 Å². The van der Waals surface area contributed by atoms with Gasteiger partial charge in [0, 0.05) is 52.4 Å². The van der Waals surface area contributed by atoms with Crippen LogP contribution in [0, 0.1) is 5.41 Å². The SMILES string of the molecule is C1CCCC2(CC1)CN(CCN1CCNCC1)C2. The largest absolute Gasteiger partial charge is 0.314 e. The molecule has 0 atom stereocenters. The van der Waals surface area contributed by atoms with E-state index in [2.05, 4.69) is 15.1 Å². The second kappa shape index (κ2) is 5.89. The Balaban J connectivity index is 1.36. The fraction of sp³-hybridized carbons (Fsp3) is 1.00. The molecule has 1 saturated carbocycles. The molecule has 0 aromatic carbocycles. The normalized spacial score (nSPS) is 30.0. The molecule has 0 radical (unpaired) electrons. The molecule has 1 spiro atoms. The van der Waals surface area contributed by atoms with Crippen LogP contribution in [0.5, 0.6) is 0 Å². The highest BCUT2D eigenvalue weighted by atomic mass is 15.3. The highest BCUT2D eigenvalue weighted by molar-refractivity contribution is 4.95. The van der Waals surface area contributed by atoms with E-state index >= 15 is 0 Å². The molecule has 1 N–H and O–H groups in total. The Hall–Kier alpha value is -0.120. The van der Waals surface area contributed by atoms with Crippen molar-refractivity contribution in [3.05, 3.63) is 0 Å². The molecule has 3 nitrogen and oxygen atoms in total. The third kappa shape index (κ3) is 3.06. The van der Waals surface area contributed by atoms with E-state index < -0.39 is 0 Å². The second-order valence-corrected chi connectivity index (χ2v) is 6.72. The van der Waals surface area contributed by atoms with E-state index in [4.69, 9.17) is 0 Å². The molecule has 2 aliphatic heterocycles. The van der Waals surface area contributed by atoms with E-state index in [-0.39, 0.29) is 0 Å². The smallest absolute Gasteiger partial charge is 0.0110 e. The van der Waals surface area contributed by atoms with Crippen molar-refractivity contribution in [3.8, 4) is 0 Å². The summed E-state index contributed by atoms with van der Waals surface area (Å²) in [6.45, 7) is 10.3. The van der Waals surface area contributed by atoms with Gasteiger partial charge in [0.15, 0.2) is 0 Å². The number of likely N-dealkylation sites (tertiary alicyclic amines) is 1. The monoisotopic (exact) mass is 251 g/mol. The van der Waals surface area contributed by atoms with Gasteiger partial charge in [0.2, 0.25) is 0 Å². The van der Waals surface area contributed by atoms with Gasteiger partial charge in [-0.1, -0.05) is 25.7 Å². The van der Waals surface area contributed by atoms with Crippen LogP contribution in [0.2, 0.25) is 0 Å². The molecule has 2 saturated heterocycles. The number of nitrogens with zero attached hydrogens (tertiary/aromatic N) is 2. The minimum atomic E-state index is 0.750. The van der Waals surface area contributed by atoms with Crippen LogP contribution in [-0.4, -0.2) is 62.2 Å². The van der Waals surface area contributed by atoms with Crippen molar-refractivity contribution < 1.29 is 0 Å². The number of rotatable bonds is 3. The van der Waals surface area contributed by atoms with Crippen LogP contribution in [0.1, 0.15) is 38.5 Å². The van der Waals surface area contributed by atoms with Gasteiger partial charge in [-0.3, -0.25) is 4.90 Å². The minimum Gasteiger partial charge on any atom is -0.314 e. The molecule has 0 aromatic rings. The van der Waals surface area contributed by atoms with Gasteiger partial charge >= 0.3 is 0 Å². The predicted molar refractivity (Wildman–Crippen MR) is 75.9 cm³/mol. The lowest BCUT2D eigenvalue weighted by Crippen LogP contribution is -2.58. The van der Waals surface area contributed by atoms with Gasteiger partial charge in [-0.25, -0.2) is 0 Å². The van der Waals surface area contributed by atoms with E-state index in [0.29, 0.717) is 0 Å². The molecule has 3 rings (SSSR count). The van der Waals surface area contributed by atoms with Gasteiger partial charge in [0.1, 0.15) is 0 Å². The standard InChI is InChI=1S/C15H29N3/c1-2-4-6-15(5-3-1)13-18(14-15)12-11-17-9-7-16-8-10-17/h16H,1-14H2. The predicted octanol–water partition coefficient (Wildman–Crippen LogP) is 1.55. The minimum absolute atomic E-state index is 0.750. The van der Waals surface area contributed by atoms with Crippen molar-refractivity contribution in [2.75, 3.05) is 52.4 Å². The zero-order valence-electron chi connectivity index (χ0n) is 11.8. The molecule has 0 unspecified atom stereocenters. The summed E-state index contributed by atoms with van der Waals surface area (Å²) in [4.78, 5) is 5.32. The van der Waals surface area contributed by atoms with Crippen LogP contribution < -0.4 is 5.32 Å². The summed E-state index contributed by atoms with van der Waals surface area (Å²) in [6.07, 6.45) is 8.98. The summed E-state index contributed by atoms with van der Waals surface area (Å²) in [6, 6.07) is 0. The Morgan fingerprint density at radius 3 is 2.06 bits per heavy atom. The lowest BCUT2D eigenvalue weighted by molar-refractivity contribution is -0.0170. The van der Waals surface area contributed by atoms with Crippen LogP contribution >= 0.6 is 0 Å². The Kier molecular flexibility index (Phi) is 4.22.